The Balaban J connectivity index is 2.69. The summed E-state index contributed by atoms with van der Waals surface area (Å²) < 4.78 is 4.94. The highest BCUT2D eigenvalue weighted by Gasteiger charge is 2.00. The lowest BCUT2D eigenvalue weighted by Gasteiger charge is -2.01. The molecule has 1 rings (SSSR count). The van der Waals surface area contributed by atoms with Gasteiger partial charge >= 0.3 is 5.97 Å². The van der Waals surface area contributed by atoms with Crippen LogP contribution in [0.4, 0.5) is 0 Å². The molecule has 3 nitrogen and oxygen atoms in total. The van der Waals surface area contributed by atoms with Crippen LogP contribution < -0.4 is 4.74 Å². The third-order valence-corrected chi connectivity index (χ3v) is 1.37. The van der Waals surface area contributed by atoms with Crippen LogP contribution in [0.3, 0.4) is 0 Å². The molecule has 0 unspecified atom stereocenters. The summed E-state index contributed by atoms with van der Waals surface area (Å²) >= 11 is 0. The molecule has 0 N–H and O–H groups in total. The molecule has 0 radical (unpaired) electrons. The van der Waals surface area contributed by atoms with Crippen molar-refractivity contribution >= 4 is 5.97 Å². The van der Waals surface area contributed by atoms with E-state index in [0.717, 1.165) is 5.56 Å². The maximum Gasteiger partial charge on any atom is 0.310 e. The second-order valence-electron chi connectivity index (χ2n) is 2.53. The number of ether oxygens (including phenoxy) is 1. The quantitative estimate of drug-likeness (QED) is 0.626. The summed E-state index contributed by atoms with van der Waals surface area (Å²) in [5, 5.41) is 0. The molecule has 0 bridgehead atoms. The van der Waals surface area contributed by atoms with Crippen molar-refractivity contribution in [3.8, 4) is 5.75 Å². The number of rotatable bonds is 2. The van der Waals surface area contributed by atoms with Gasteiger partial charge in [-0.3, -0.25) is 9.78 Å². The smallest absolute Gasteiger partial charge is 0.310 e. The molecule has 12 heavy (non-hydrogen) atoms. The highest BCUT2D eigenvalue weighted by Crippen LogP contribution is 2.10. The van der Waals surface area contributed by atoms with Gasteiger partial charge in [-0.2, -0.15) is 0 Å². The Hall–Kier alpha value is -1.38. The number of pyridine rings is 1. The predicted octanol–water partition coefficient (Wildman–Crippen LogP) is 1.71. The van der Waals surface area contributed by atoms with Crippen molar-refractivity contribution in [2.45, 2.75) is 20.3 Å². The molecule has 0 fully saturated rings. The van der Waals surface area contributed by atoms with E-state index in [1.54, 1.807) is 19.2 Å². The number of esters is 1. The molecule has 0 atom stereocenters. The zero-order valence-electron chi connectivity index (χ0n) is 7.20. The fourth-order valence-corrected chi connectivity index (χ4v) is 0.787. The van der Waals surface area contributed by atoms with Crippen LogP contribution in [0.15, 0.2) is 18.5 Å². The van der Waals surface area contributed by atoms with Crippen molar-refractivity contribution in [2.75, 3.05) is 0 Å². The number of aryl methyl sites for hydroxylation is 1. The van der Waals surface area contributed by atoms with Gasteiger partial charge in [-0.15, -0.1) is 0 Å². The fraction of sp³-hybridized carbons (Fsp3) is 0.333. The maximum absolute atomic E-state index is 10.8. The third kappa shape index (κ3) is 2.34. The SMILES string of the molecule is CCC(=O)Oc1cncc(C)c1. The van der Waals surface area contributed by atoms with Gasteiger partial charge in [-0.25, -0.2) is 0 Å². The lowest BCUT2D eigenvalue weighted by Crippen LogP contribution is -2.05. The zero-order chi connectivity index (χ0) is 8.97. The average Bonchev–Trinajstić information content (AvgIpc) is 2.04. The summed E-state index contributed by atoms with van der Waals surface area (Å²) in [6.07, 6.45) is 3.62. The Morgan fingerprint density at radius 1 is 1.58 bits per heavy atom. The van der Waals surface area contributed by atoms with Crippen molar-refractivity contribution < 1.29 is 9.53 Å². The fourth-order valence-electron chi connectivity index (χ4n) is 0.787. The standard InChI is InChI=1S/C9H11NO2/c1-3-9(11)12-8-4-7(2)5-10-6-8/h4-6H,3H2,1-2H3. The molecule has 1 aromatic rings. The second kappa shape index (κ2) is 3.85. The van der Waals surface area contributed by atoms with Gasteiger partial charge < -0.3 is 4.74 Å². The van der Waals surface area contributed by atoms with Gasteiger partial charge in [0.2, 0.25) is 0 Å². The molecule has 0 saturated carbocycles. The molecule has 0 aliphatic carbocycles. The largest absolute Gasteiger partial charge is 0.425 e. The highest BCUT2D eigenvalue weighted by atomic mass is 16.5. The van der Waals surface area contributed by atoms with Crippen LogP contribution in [0, 0.1) is 6.92 Å². The Morgan fingerprint density at radius 2 is 2.33 bits per heavy atom. The van der Waals surface area contributed by atoms with Crippen LogP contribution in [-0.2, 0) is 4.79 Å². The van der Waals surface area contributed by atoms with E-state index in [9.17, 15) is 4.79 Å². The van der Waals surface area contributed by atoms with Gasteiger partial charge in [0.05, 0.1) is 6.20 Å². The van der Waals surface area contributed by atoms with Crippen LogP contribution in [0.1, 0.15) is 18.9 Å². The molecule has 3 heteroatoms. The molecular formula is C9H11NO2. The average molecular weight is 165 g/mol. The van der Waals surface area contributed by atoms with Gasteiger partial charge in [-0.1, -0.05) is 6.92 Å². The van der Waals surface area contributed by atoms with E-state index in [-0.39, 0.29) is 5.97 Å². The van der Waals surface area contributed by atoms with E-state index < -0.39 is 0 Å². The Morgan fingerprint density at radius 3 is 2.92 bits per heavy atom. The van der Waals surface area contributed by atoms with E-state index in [2.05, 4.69) is 4.98 Å². The van der Waals surface area contributed by atoms with E-state index in [1.165, 1.54) is 6.20 Å². The molecule has 0 aromatic carbocycles. The number of aromatic nitrogens is 1. The monoisotopic (exact) mass is 165 g/mol. The molecule has 0 amide bonds. The minimum Gasteiger partial charge on any atom is -0.425 e. The van der Waals surface area contributed by atoms with Crippen LogP contribution in [0.2, 0.25) is 0 Å². The van der Waals surface area contributed by atoms with Gasteiger partial charge in [0, 0.05) is 12.6 Å². The summed E-state index contributed by atoms with van der Waals surface area (Å²) in [6.45, 7) is 3.65. The molecule has 64 valence electrons. The molecule has 0 aliphatic rings. The number of nitrogens with zero attached hydrogens (tertiary/aromatic N) is 1. The second-order valence-corrected chi connectivity index (χ2v) is 2.53. The van der Waals surface area contributed by atoms with Crippen LogP contribution in [0.5, 0.6) is 5.75 Å². The van der Waals surface area contributed by atoms with Gasteiger partial charge in [0.15, 0.2) is 0 Å². The summed E-state index contributed by atoms with van der Waals surface area (Å²) in [5.41, 5.74) is 0.983. The van der Waals surface area contributed by atoms with E-state index in [0.29, 0.717) is 12.2 Å². The van der Waals surface area contributed by atoms with Crippen molar-refractivity contribution in [3.63, 3.8) is 0 Å². The maximum atomic E-state index is 10.8. The summed E-state index contributed by atoms with van der Waals surface area (Å²) in [5.74, 6) is 0.282. The lowest BCUT2D eigenvalue weighted by molar-refractivity contribution is -0.134. The summed E-state index contributed by atoms with van der Waals surface area (Å²) in [6, 6.07) is 1.78. The minimum absolute atomic E-state index is 0.234. The number of carbonyl (C=O) groups excluding carboxylic acids is 1. The van der Waals surface area contributed by atoms with E-state index >= 15 is 0 Å². The normalized spacial score (nSPS) is 9.50. The number of hydrogen-bond acceptors (Lipinski definition) is 3. The minimum atomic E-state index is -0.234. The molecule has 1 heterocycles. The van der Waals surface area contributed by atoms with Gasteiger partial charge in [-0.05, 0) is 18.6 Å². The number of carbonyl (C=O) groups is 1. The molecule has 0 aliphatic heterocycles. The molecule has 0 saturated heterocycles. The zero-order valence-corrected chi connectivity index (χ0v) is 7.20. The first-order valence-electron chi connectivity index (χ1n) is 3.84. The van der Waals surface area contributed by atoms with E-state index in [4.69, 9.17) is 4.74 Å². The first-order chi connectivity index (χ1) is 5.72. The summed E-state index contributed by atoms with van der Waals surface area (Å²) in [7, 11) is 0. The predicted molar refractivity (Wildman–Crippen MR) is 44.9 cm³/mol. The van der Waals surface area contributed by atoms with Crippen LogP contribution >= 0.6 is 0 Å². The topological polar surface area (TPSA) is 39.2 Å². The first-order valence-corrected chi connectivity index (χ1v) is 3.84. The molecule has 0 spiro atoms. The van der Waals surface area contributed by atoms with Crippen molar-refractivity contribution in [1.82, 2.24) is 4.98 Å². The highest BCUT2D eigenvalue weighted by molar-refractivity contribution is 5.71. The molecule has 1 aromatic heterocycles. The Labute approximate surface area is 71.4 Å². The molecular weight excluding hydrogens is 154 g/mol. The first kappa shape index (κ1) is 8.71. The summed E-state index contributed by atoms with van der Waals surface area (Å²) in [4.78, 5) is 14.7. The van der Waals surface area contributed by atoms with Gasteiger partial charge in [0.1, 0.15) is 5.75 Å². The van der Waals surface area contributed by atoms with Gasteiger partial charge in [0.25, 0.3) is 0 Å². The van der Waals surface area contributed by atoms with Crippen molar-refractivity contribution in [1.29, 1.82) is 0 Å². The van der Waals surface area contributed by atoms with Crippen molar-refractivity contribution in [3.05, 3.63) is 24.0 Å². The van der Waals surface area contributed by atoms with E-state index in [1.807, 2.05) is 6.92 Å². The number of hydrogen-bond donors (Lipinski definition) is 0. The van der Waals surface area contributed by atoms with Crippen LogP contribution in [0.25, 0.3) is 0 Å². The lowest BCUT2D eigenvalue weighted by atomic mass is 10.3. The Kier molecular flexibility index (Phi) is 2.80. The van der Waals surface area contributed by atoms with Crippen molar-refractivity contribution in [2.24, 2.45) is 0 Å². The Bertz CT molecular complexity index is 284. The van der Waals surface area contributed by atoms with Crippen LogP contribution in [-0.4, -0.2) is 11.0 Å². The third-order valence-electron chi connectivity index (χ3n) is 1.37.